The molecular weight excluding hydrogens is 1740 g/mol. The summed E-state index contributed by atoms with van der Waals surface area (Å²) in [5.74, 6) is -21.2. The number of aliphatic hydroxyl groups is 6. The number of phenolic OH excluding ortho intramolecular Hbond substituents is 3. The van der Waals surface area contributed by atoms with Gasteiger partial charge >= 0.3 is 18.2 Å². The SMILES string of the molecule is CNC(CC(C)C)C(=O)NC1C(=O)NC(CC(N)=O)C(=O)NC2C(=O)NC3C(=O)NC(C(=O)N[C@@H](C(=O)NNC(=O)C(N)=O)c4cc(O)cc(O)c4-c4cc3ccc4O)C(O)c3ccc(c(Cl)c3)Oc3cc2cc(c3OC2OC(CO)C(O)C(O)C2OC2C[C@@](C)(NCc3ccc(NC(=O)c4ccc(OC(F)(F)F)cc4)cc3)C(O)C(C)O2)Oc2ccc(cc2Cl)C1O. The van der Waals surface area contributed by atoms with Crippen molar-refractivity contribution in [1.29, 1.82) is 0 Å². The molecule has 7 aliphatic rings. The van der Waals surface area contributed by atoms with Crippen molar-refractivity contribution < 1.29 is 145 Å². The van der Waals surface area contributed by atoms with Crippen LogP contribution in [0.2, 0.25) is 10.0 Å². The number of amides is 11. The maximum absolute atomic E-state index is 16.3. The van der Waals surface area contributed by atoms with Crippen molar-refractivity contribution in [2.45, 2.75) is 169 Å². The molecule has 0 saturated carbocycles. The second kappa shape index (κ2) is 39.2. The number of benzene rings is 7. The number of nitrogens with one attached hydrogen (secondary N) is 11. The third-order valence-electron chi connectivity index (χ3n) is 21.5. The molecule has 2 fully saturated rings. The highest BCUT2D eigenvalue weighted by Crippen LogP contribution is 2.50. The molecule has 11 amide bonds. The van der Waals surface area contributed by atoms with Crippen LogP contribution < -0.4 is 89.1 Å². The number of rotatable bonds is 19. The van der Waals surface area contributed by atoms with Crippen molar-refractivity contribution in [2.75, 3.05) is 19.0 Å². The lowest BCUT2D eigenvalue weighted by Gasteiger charge is -2.48. The highest BCUT2D eigenvalue weighted by Gasteiger charge is 2.53. The van der Waals surface area contributed by atoms with Gasteiger partial charge in [0, 0.05) is 46.9 Å². The Balaban J connectivity index is 1.00. The van der Waals surface area contributed by atoms with Gasteiger partial charge in [-0.15, -0.1) is 13.2 Å². The van der Waals surface area contributed by atoms with Gasteiger partial charge in [-0.1, -0.05) is 67.4 Å². The molecule has 128 heavy (non-hydrogen) atoms. The minimum Gasteiger partial charge on any atom is -0.508 e. The van der Waals surface area contributed by atoms with E-state index < -0.39 is 283 Å². The number of hydrazine groups is 1. The zero-order valence-electron chi connectivity index (χ0n) is 68.0. The van der Waals surface area contributed by atoms with Gasteiger partial charge in [-0.3, -0.25) is 63.6 Å². The van der Waals surface area contributed by atoms with E-state index in [9.17, 15) is 87.9 Å². The highest BCUT2D eigenvalue weighted by atomic mass is 35.5. The van der Waals surface area contributed by atoms with E-state index in [0.717, 1.165) is 97.1 Å². The number of hydrogen-bond donors (Lipinski definition) is 22. The van der Waals surface area contributed by atoms with Crippen LogP contribution in [0, 0.1) is 5.92 Å². The first kappa shape index (κ1) is 94.4. The van der Waals surface area contributed by atoms with Crippen LogP contribution in [0.15, 0.2) is 127 Å². The maximum Gasteiger partial charge on any atom is 0.573 e. The normalized spacial score (nSPS) is 25.6. The number of nitrogens with two attached hydrogens (primary N) is 2. The number of alkyl halides is 3. The molecule has 11 bridgehead atoms. The van der Waals surface area contributed by atoms with Crippen LogP contribution in [-0.4, -0.2) is 210 Å². The molecule has 0 aliphatic carbocycles. The molecule has 45 heteroatoms. The Hall–Kier alpha value is -12.8. The van der Waals surface area contributed by atoms with Crippen molar-refractivity contribution in [3.8, 4) is 62.9 Å². The number of ether oxygens (including phenoxy) is 7. The van der Waals surface area contributed by atoms with E-state index in [1.807, 2.05) is 5.43 Å². The lowest BCUT2D eigenvalue weighted by Crippen LogP contribution is -2.65. The Kier molecular flexibility index (Phi) is 28.9. The van der Waals surface area contributed by atoms with E-state index in [4.69, 9.17) is 63.1 Å². The molecule has 682 valence electrons. The summed E-state index contributed by atoms with van der Waals surface area (Å²) < 4.78 is 81.7. The monoisotopic (exact) mass is 1830 g/mol. The third-order valence-corrected chi connectivity index (χ3v) is 22.1. The molecule has 2 saturated heterocycles. The topological polar surface area (TPSA) is 619 Å². The molecule has 14 rings (SSSR count). The van der Waals surface area contributed by atoms with Gasteiger partial charge in [-0.25, -0.2) is 0 Å². The van der Waals surface area contributed by atoms with E-state index in [0.29, 0.717) is 5.56 Å². The molecule has 40 nitrogen and oxygen atoms in total. The Bertz CT molecular complexity index is 5460. The Morgan fingerprint density at radius 1 is 0.672 bits per heavy atom. The van der Waals surface area contributed by atoms with Crippen molar-refractivity contribution >= 4 is 93.9 Å². The summed E-state index contributed by atoms with van der Waals surface area (Å²) in [4.78, 5) is 157. The highest BCUT2D eigenvalue weighted by molar-refractivity contribution is 6.34. The van der Waals surface area contributed by atoms with Gasteiger partial charge in [0.2, 0.25) is 53.4 Å². The van der Waals surface area contributed by atoms with Crippen LogP contribution in [0.3, 0.4) is 0 Å². The minimum atomic E-state index is -4.96. The number of fused-ring (bicyclic) bond motifs is 15. The largest absolute Gasteiger partial charge is 0.573 e. The molecule has 7 aromatic rings. The van der Waals surface area contributed by atoms with Gasteiger partial charge < -0.3 is 138 Å². The zero-order chi connectivity index (χ0) is 93.0. The number of aliphatic hydroxyl groups excluding tert-OH is 6. The van der Waals surface area contributed by atoms with Crippen LogP contribution in [-0.2, 0) is 68.7 Å². The molecule has 18 atom stereocenters. The molecule has 0 aromatic heterocycles. The predicted octanol–water partition coefficient (Wildman–Crippen LogP) is 1.64. The standard InChI is InChI=1S/C83H88Cl2F3N13O27/c1-32(2)20-47(91-5)73(114)98-62-64(107)37-11-18-51(45(84)22-37)123-53-24-39-25-54(68(53)127-81-69(67(110)66(109)55(31-102)125-81)126-57-29-82(4,70(111)33(3)122-57)92-30-34-6-13-40(14-7-34)93-72(113)35-8-15-42(16-9-35)128-83(86,87)88)124-52-19-12-38(23-46(52)85)65(108)63-78(119)97-61(79(120)100-101-80(121)71(90)112)44-26-41(103)27-50(105)58(44)43-21-36(10-17-49(43)104)59(75(116)99-63)96-76(117)60(39)95-74(115)48(28-56(89)106)94-77(62)118/h6-19,21-27,32-33,47-48,55,57,59-67,69-70,81,91-92,102-105,107-111H,20,28-31H2,1-5H3,(H2,89,106)(H2,90,112)(H,93,113)(H,94,118)(H,95,115)(H,96,117)(H,97,119)(H,98,114)(H,99,116)(H,100,120)(H,101,121)/t33?,47?,48?,55?,57?,59?,60?,61-,62?,63?,64?,65?,66?,67?,69?,70?,81?,82-/m1/s1. The van der Waals surface area contributed by atoms with Crippen LogP contribution in [0.1, 0.15) is 121 Å². The smallest absolute Gasteiger partial charge is 0.508 e. The lowest BCUT2D eigenvalue weighted by molar-refractivity contribution is -0.334. The number of hydrogen-bond acceptors (Lipinski definition) is 29. The minimum absolute atomic E-state index is 0.00308. The van der Waals surface area contributed by atoms with E-state index in [2.05, 4.69) is 52.6 Å². The second-order valence-electron chi connectivity index (χ2n) is 31.2. The van der Waals surface area contributed by atoms with Crippen molar-refractivity contribution in [3.05, 3.63) is 176 Å². The average molecular weight is 1830 g/mol. The average Bonchev–Trinajstić information content (AvgIpc) is 0.764. The number of carbonyl (C=O) groups is 11. The summed E-state index contributed by atoms with van der Waals surface area (Å²) in [5, 5.41) is 129. The van der Waals surface area contributed by atoms with Crippen molar-refractivity contribution in [3.63, 3.8) is 0 Å². The fourth-order valence-corrected chi connectivity index (χ4v) is 15.4. The van der Waals surface area contributed by atoms with Gasteiger partial charge in [-0.05, 0) is 158 Å². The number of primary amides is 2. The van der Waals surface area contributed by atoms with E-state index in [1.54, 1.807) is 38.3 Å². The first-order chi connectivity index (χ1) is 60.5. The quantitative estimate of drug-likeness (QED) is 0.0404. The van der Waals surface area contributed by atoms with Gasteiger partial charge in [0.05, 0.1) is 41.3 Å². The summed E-state index contributed by atoms with van der Waals surface area (Å²) in [7, 11) is 1.45. The first-order valence-corrected chi connectivity index (χ1v) is 40.1. The molecular formula is C83H88Cl2F3N13O27. The van der Waals surface area contributed by atoms with Crippen molar-refractivity contribution in [2.24, 2.45) is 17.4 Å². The Morgan fingerprint density at radius 3 is 1.89 bits per heavy atom. The van der Waals surface area contributed by atoms with Gasteiger partial charge in [0.1, 0.15) is 101 Å². The summed E-state index contributed by atoms with van der Waals surface area (Å²) in [6, 6.07) is 8.61. The number of likely N-dealkylation sites (N-methyl/N-ethyl adjacent to an activating group) is 1. The first-order valence-electron chi connectivity index (χ1n) is 39.3. The van der Waals surface area contributed by atoms with Gasteiger partial charge in [0.25, 0.3) is 11.8 Å². The van der Waals surface area contributed by atoms with Crippen LogP contribution in [0.5, 0.6) is 51.7 Å². The molecule has 24 N–H and O–H groups in total. The van der Waals surface area contributed by atoms with E-state index >= 15 is 24.0 Å². The van der Waals surface area contributed by atoms with E-state index in [-0.39, 0.29) is 47.7 Å². The number of anilines is 1. The number of halogens is 5. The van der Waals surface area contributed by atoms with Crippen molar-refractivity contribution in [1.82, 2.24) is 53.4 Å². The fraction of sp³-hybridized carbons (Fsp3) is 0.361. The Morgan fingerprint density at radius 2 is 1.29 bits per heavy atom. The summed E-state index contributed by atoms with van der Waals surface area (Å²) in [5.41, 5.74) is 10.6. The summed E-state index contributed by atoms with van der Waals surface area (Å²) in [6.45, 7) is 5.62. The van der Waals surface area contributed by atoms with Crippen LogP contribution in [0.4, 0.5) is 18.9 Å². The Labute approximate surface area is 733 Å². The molecule has 16 unspecified atom stereocenters. The number of phenols is 3. The van der Waals surface area contributed by atoms with Gasteiger partial charge in [0.15, 0.2) is 23.9 Å². The molecule has 7 aromatic carbocycles. The molecule has 0 spiro atoms. The molecule has 7 aliphatic heterocycles. The van der Waals surface area contributed by atoms with Crippen LogP contribution in [0.25, 0.3) is 11.1 Å². The zero-order valence-corrected chi connectivity index (χ0v) is 69.5. The number of carbonyl (C=O) groups excluding carboxylic acids is 11. The maximum atomic E-state index is 16.3. The van der Waals surface area contributed by atoms with E-state index in [1.165, 1.54) is 32.2 Å². The second-order valence-corrected chi connectivity index (χ2v) is 32.0. The lowest BCUT2D eigenvalue weighted by atomic mass is 9.84. The number of aromatic hydroxyl groups is 3. The fourth-order valence-electron chi connectivity index (χ4n) is 14.9. The van der Waals surface area contributed by atoms with Gasteiger partial charge in [-0.2, -0.15) is 0 Å². The van der Waals surface area contributed by atoms with Crippen LogP contribution >= 0.6 is 23.2 Å². The molecule has 7 heterocycles. The molecule has 0 radical (unpaired) electrons. The predicted molar refractivity (Wildman–Crippen MR) is 437 cm³/mol. The summed E-state index contributed by atoms with van der Waals surface area (Å²) >= 11 is 14.3. The summed E-state index contributed by atoms with van der Waals surface area (Å²) in [6.07, 6.45) is -24.9. The third kappa shape index (κ3) is 21.6.